The number of hydrogen-bond acceptors (Lipinski definition) is 1. The second-order valence-corrected chi connectivity index (χ2v) is 4.35. The molecule has 1 aliphatic heterocycles. The Hall–Kier alpha value is -2.09. The maximum Gasteiger partial charge on any atom is 0.255 e. The van der Waals surface area contributed by atoms with Crippen LogP contribution < -0.4 is 5.32 Å². The fraction of sp³-hybridized carbons (Fsp3) is 0.133. The molecule has 1 aliphatic rings. The van der Waals surface area contributed by atoms with Gasteiger partial charge in [0.25, 0.3) is 5.91 Å². The van der Waals surface area contributed by atoms with E-state index in [0.29, 0.717) is 0 Å². The number of rotatable bonds is 0. The van der Waals surface area contributed by atoms with E-state index in [9.17, 15) is 4.79 Å². The zero-order valence-electron chi connectivity index (χ0n) is 9.60. The molecular formula is C15H13NO. The molecule has 0 fully saturated rings. The van der Waals surface area contributed by atoms with Crippen LogP contribution in [-0.4, -0.2) is 5.91 Å². The van der Waals surface area contributed by atoms with E-state index in [1.54, 1.807) is 0 Å². The van der Waals surface area contributed by atoms with Gasteiger partial charge in [-0.15, -0.1) is 0 Å². The third-order valence-corrected chi connectivity index (χ3v) is 3.35. The number of carbonyl (C=O) groups excluding carboxylic acids is 1. The van der Waals surface area contributed by atoms with Crippen LogP contribution in [-0.2, 0) is 0 Å². The molecule has 84 valence electrons. The minimum Gasteiger partial charge on any atom is -0.322 e. The van der Waals surface area contributed by atoms with Crippen molar-refractivity contribution in [1.29, 1.82) is 0 Å². The first-order valence-electron chi connectivity index (χ1n) is 5.76. The molecule has 0 saturated carbocycles. The van der Waals surface area contributed by atoms with Crippen molar-refractivity contribution in [1.82, 2.24) is 0 Å². The molecule has 2 heteroatoms. The number of amides is 1. The van der Waals surface area contributed by atoms with Gasteiger partial charge in [0.15, 0.2) is 0 Å². The molecule has 2 nitrogen and oxygen atoms in total. The van der Waals surface area contributed by atoms with Crippen LogP contribution in [0.25, 0.3) is 0 Å². The summed E-state index contributed by atoms with van der Waals surface area (Å²) in [4.78, 5) is 12.1. The summed E-state index contributed by atoms with van der Waals surface area (Å²) in [5.41, 5.74) is 3.96. The molecule has 1 amide bonds. The molecular weight excluding hydrogens is 210 g/mol. The Kier molecular flexibility index (Phi) is 2.22. The lowest BCUT2D eigenvalue weighted by Crippen LogP contribution is -2.11. The predicted molar refractivity (Wildman–Crippen MR) is 68.4 cm³/mol. The average molecular weight is 223 g/mol. The highest BCUT2D eigenvalue weighted by atomic mass is 16.1. The van der Waals surface area contributed by atoms with Crippen LogP contribution in [0.4, 0.5) is 5.69 Å². The van der Waals surface area contributed by atoms with E-state index in [-0.39, 0.29) is 11.8 Å². The standard InChI is InChI=1S/C15H13NO/c1-10-11-6-2-3-8-13(11)15(17)16-14-9-5-4-7-12(10)14/h2-10H,1H3,(H,16,17). The molecule has 1 N–H and O–H groups in total. The Labute approximate surface area is 100 Å². The molecule has 0 saturated heterocycles. The first kappa shape index (κ1) is 10.1. The lowest BCUT2D eigenvalue weighted by Gasteiger charge is -2.13. The van der Waals surface area contributed by atoms with Crippen molar-refractivity contribution < 1.29 is 4.79 Å². The molecule has 1 heterocycles. The number of anilines is 1. The summed E-state index contributed by atoms with van der Waals surface area (Å²) in [5, 5.41) is 2.97. The summed E-state index contributed by atoms with van der Waals surface area (Å²) in [7, 11) is 0. The van der Waals surface area contributed by atoms with Crippen molar-refractivity contribution in [3.05, 3.63) is 65.2 Å². The fourth-order valence-corrected chi connectivity index (χ4v) is 2.43. The number of benzene rings is 2. The first-order chi connectivity index (χ1) is 8.27. The maximum absolute atomic E-state index is 12.1. The van der Waals surface area contributed by atoms with Crippen molar-refractivity contribution in [2.45, 2.75) is 12.8 Å². The van der Waals surface area contributed by atoms with E-state index in [1.165, 1.54) is 5.56 Å². The average Bonchev–Trinajstić information content (AvgIpc) is 2.48. The molecule has 0 radical (unpaired) electrons. The van der Waals surface area contributed by atoms with Gasteiger partial charge >= 0.3 is 0 Å². The Morgan fingerprint density at radius 1 is 0.941 bits per heavy atom. The van der Waals surface area contributed by atoms with E-state index >= 15 is 0 Å². The van der Waals surface area contributed by atoms with E-state index < -0.39 is 0 Å². The topological polar surface area (TPSA) is 29.1 Å². The fourth-order valence-electron chi connectivity index (χ4n) is 2.43. The number of carbonyl (C=O) groups is 1. The molecule has 0 bridgehead atoms. The molecule has 0 aromatic heterocycles. The molecule has 2 aromatic carbocycles. The van der Waals surface area contributed by atoms with Gasteiger partial charge in [-0.25, -0.2) is 0 Å². The summed E-state index contributed by atoms with van der Waals surface area (Å²) in [6, 6.07) is 15.8. The number of hydrogen-bond donors (Lipinski definition) is 1. The van der Waals surface area contributed by atoms with E-state index in [1.807, 2.05) is 42.5 Å². The molecule has 2 aromatic rings. The van der Waals surface area contributed by atoms with Crippen molar-refractivity contribution in [3.8, 4) is 0 Å². The number of fused-ring (bicyclic) bond motifs is 2. The van der Waals surface area contributed by atoms with Gasteiger partial charge in [-0.05, 0) is 23.3 Å². The normalized spacial score (nSPS) is 17.7. The van der Waals surface area contributed by atoms with Gasteiger partial charge < -0.3 is 5.32 Å². The van der Waals surface area contributed by atoms with Crippen LogP contribution in [0.15, 0.2) is 48.5 Å². The van der Waals surface area contributed by atoms with Gasteiger partial charge in [0, 0.05) is 17.2 Å². The summed E-state index contributed by atoms with van der Waals surface area (Å²) in [6.07, 6.45) is 0. The molecule has 0 spiro atoms. The predicted octanol–water partition coefficient (Wildman–Crippen LogP) is 3.40. The quantitative estimate of drug-likeness (QED) is 0.728. The van der Waals surface area contributed by atoms with Gasteiger partial charge in [-0.2, -0.15) is 0 Å². The molecule has 1 unspecified atom stereocenters. The zero-order valence-corrected chi connectivity index (χ0v) is 9.60. The second-order valence-electron chi connectivity index (χ2n) is 4.35. The van der Waals surface area contributed by atoms with E-state index in [2.05, 4.69) is 18.3 Å². The van der Waals surface area contributed by atoms with Gasteiger partial charge in [0.1, 0.15) is 0 Å². The Morgan fingerprint density at radius 2 is 1.59 bits per heavy atom. The van der Waals surface area contributed by atoms with Crippen LogP contribution >= 0.6 is 0 Å². The molecule has 3 rings (SSSR count). The highest BCUT2D eigenvalue weighted by Crippen LogP contribution is 2.34. The summed E-state index contributed by atoms with van der Waals surface area (Å²) in [5.74, 6) is 0.221. The van der Waals surface area contributed by atoms with Crippen LogP contribution in [0.1, 0.15) is 34.3 Å². The summed E-state index contributed by atoms with van der Waals surface area (Å²) >= 11 is 0. The van der Waals surface area contributed by atoms with Crippen LogP contribution in [0, 0.1) is 0 Å². The highest BCUT2D eigenvalue weighted by molar-refractivity contribution is 6.07. The molecule has 17 heavy (non-hydrogen) atoms. The van der Waals surface area contributed by atoms with E-state index in [0.717, 1.165) is 16.8 Å². The Bertz CT molecular complexity index is 589. The first-order valence-corrected chi connectivity index (χ1v) is 5.76. The molecule has 1 atom stereocenters. The lowest BCUT2D eigenvalue weighted by molar-refractivity contribution is 0.102. The third kappa shape index (κ3) is 1.53. The smallest absolute Gasteiger partial charge is 0.255 e. The van der Waals surface area contributed by atoms with Gasteiger partial charge in [-0.3, -0.25) is 4.79 Å². The van der Waals surface area contributed by atoms with Gasteiger partial charge in [0.2, 0.25) is 0 Å². The largest absolute Gasteiger partial charge is 0.322 e. The lowest BCUT2D eigenvalue weighted by atomic mass is 9.90. The van der Waals surface area contributed by atoms with Crippen molar-refractivity contribution in [2.24, 2.45) is 0 Å². The summed E-state index contributed by atoms with van der Waals surface area (Å²) < 4.78 is 0. The Balaban J connectivity index is 2.26. The third-order valence-electron chi connectivity index (χ3n) is 3.35. The molecule has 0 aliphatic carbocycles. The number of para-hydroxylation sites is 1. The van der Waals surface area contributed by atoms with Crippen LogP contribution in [0.5, 0.6) is 0 Å². The van der Waals surface area contributed by atoms with Gasteiger partial charge in [0.05, 0.1) is 0 Å². The summed E-state index contributed by atoms with van der Waals surface area (Å²) in [6.45, 7) is 2.14. The van der Waals surface area contributed by atoms with Gasteiger partial charge in [-0.1, -0.05) is 43.3 Å². The van der Waals surface area contributed by atoms with Crippen LogP contribution in [0.2, 0.25) is 0 Å². The van der Waals surface area contributed by atoms with E-state index in [4.69, 9.17) is 0 Å². The maximum atomic E-state index is 12.1. The number of nitrogens with one attached hydrogen (secondary N) is 1. The SMILES string of the molecule is CC1c2ccccc2NC(=O)c2ccccc21. The highest BCUT2D eigenvalue weighted by Gasteiger charge is 2.23. The monoisotopic (exact) mass is 223 g/mol. The van der Waals surface area contributed by atoms with Crippen molar-refractivity contribution in [3.63, 3.8) is 0 Å². The van der Waals surface area contributed by atoms with Crippen molar-refractivity contribution in [2.75, 3.05) is 5.32 Å². The van der Waals surface area contributed by atoms with Crippen molar-refractivity contribution >= 4 is 11.6 Å². The minimum absolute atomic E-state index is 0.0163. The minimum atomic E-state index is -0.0163. The second kappa shape index (κ2) is 3.74. The zero-order chi connectivity index (χ0) is 11.8. The van der Waals surface area contributed by atoms with Crippen LogP contribution in [0.3, 0.4) is 0 Å². The Morgan fingerprint density at radius 3 is 2.41 bits per heavy atom.